The second-order valence-corrected chi connectivity index (χ2v) is 6.94. The van der Waals surface area contributed by atoms with Crippen LogP contribution in [0.25, 0.3) is 0 Å². The fourth-order valence-corrected chi connectivity index (χ4v) is 3.05. The molecule has 0 aromatic heterocycles. The van der Waals surface area contributed by atoms with E-state index in [1.165, 1.54) is 24.3 Å². The van der Waals surface area contributed by atoms with Crippen LogP contribution in [0.3, 0.4) is 0 Å². The largest absolute Gasteiger partial charge is 0.508 e. The molecule has 0 amide bonds. The third kappa shape index (κ3) is 4.81. The number of phenols is 1. The van der Waals surface area contributed by atoms with Crippen molar-refractivity contribution >= 4 is 10.0 Å². The highest BCUT2D eigenvalue weighted by molar-refractivity contribution is 7.89. The summed E-state index contributed by atoms with van der Waals surface area (Å²) in [6, 6.07) is 5.36. The molecular formula is C13H22N2O3S. The third-order valence-electron chi connectivity index (χ3n) is 2.82. The molecule has 1 aromatic carbocycles. The van der Waals surface area contributed by atoms with Crippen LogP contribution in [-0.2, 0) is 10.0 Å². The van der Waals surface area contributed by atoms with Crippen LogP contribution in [0.2, 0.25) is 0 Å². The van der Waals surface area contributed by atoms with E-state index in [0.717, 1.165) is 0 Å². The Kier molecular flexibility index (Phi) is 5.34. The first-order valence-electron chi connectivity index (χ1n) is 6.18. The molecule has 0 radical (unpaired) electrons. The molecule has 1 rings (SSSR count). The van der Waals surface area contributed by atoms with Gasteiger partial charge in [0.2, 0.25) is 10.0 Å². The first kappa shape index (κ1) is 15.9. The van der Waals surface area contributed by atoms with Gasteiger partial charge in [-0.3, -0.25) is 0 Å². The lowest BCUT2D eigenvalue weighted by molar-refractivity contribution is 0.314. The summed E-state index contributed by atoms with van der Waals surface area (Å²) >= 11 is 0. The number of sulfonamides is 1. The van der Waals surface area contributed by atoms with Crippen LogP contribution < -0.4 is 4.72 Å². The summed E-state index contributed by atoms with van der Waals surface area (Å²) in [5.41, 5.74) is 0. The van der Waals surface area contributed by atoms with Gasteiger partial charge < -0.3 is 10.0 Å². The maximum atomic E-state index is 12.2. The second-order valence-electron chi connectivity index (χ2n) is 5.23. The normalized spacial score (nSPS) is 14.0. The van der Waals surface area contributed by atoms with Gasteiger partial charge in [-0.05, 0) is 44.3 Å². The van der Waals surface area contributed by atoms with Crippen LogP contribution in [0, 0.1) is 5.92 Å². The molecule has 0 saturated heterocycles. The van der Waals surface area contributed by atoms with Gasteiger partial charge >= 0.3 is 0 Å². The standard InChI is InChI=1S/C13H22N2O3S/c1-10(2)13(9-15(3)4)14-19(17,18)12-7-5-11(16)6-8-12/h5-8,10,13-14,16H,9H2,1-4H3. The Bertz CT molecular complexity index is 495. The van der Waals surface area contributed by atoms with Crippen LogP contribution >= 0.6 is 0 Å². The van der Waals surface area contributed by atoms with Crippen molar-refractivity contribution in [3.05, 3.63) is 24.3 Å². The lowest BCUT2D eigenvalue weighted by Crippen LogP contribution is -2.44. The smallest absolute Gasteiger partial charge is 0.240 e. The highest BCUT2D eigenvalue weighted by atomic mass is 32.2. The first-order valence-corrected chi connectivity index (χ1v) is 7.67. The van der Waals surface area contributed by atoms with E-state index in [0.29, 0.717) is 6.54 Å². The molecule has 2 N–H and O–H groups in total. The molecule has 0 heterocycles. The maximum Gasteiger partial charge on any atom is 0.240 e. The molecule has 0 aliphatic carbocycles. The summed E-state index contributed by atoms with van der Waals surface area (Å²) in [5.74, 6) is 0.238. The molecule has 0 bridgehead atoms. The first-order chi connectivity index (χ1) is 8.72. The van der Waals surface area contributed by atoms with Crippen LogP contribution in [0.5, 0.6) is 5.75 Å². The average molecular weight is 286 g/mol. The molecule has 1 aromatic rings. The monoisotopic (exact) mass is 286 g/mol. The Morgan fingerprint density at radius 2 is 1.74 bits per heavy atom. The molecular weight excluding hydrogens is 264 g/mol. The van der Waals surface area contributed by atoms with E-state index in [2.05, 4.69) is 4.72 Å². The zero-order valence-electron chi connectivity index (χ0n) is 11.8. The number of benzene rings is 1. The van der Waals surface area contributed by atoms with Crippen LogP contribution in [0.4, 0.5) is 0 Å². The molecule has 0 aliphatic heterocycles. The molecule has 1 unspecified atom stereocenters. The Hall–Kier alpha value is -1.11. The fraction of sp³-hybridized carbons (Fsp3) is 0.538. The van der Waals surface area contributed by atoms with E-state index >= 15 is 0 Å². The van der Waals surface area contributed by atoms with Gasteiger partial charge in [-0.15, -0.1) is 0 Å². The quantitative estimate of drug-likeness (QED) is 0.826. The molecule has 0 saturated carbocycles. The van der Waals surface area contributed by atoms with E-state index in [9.17, 15) is 13.5 Å². The van der Waals surface area contributed by atoms with Gasteiger partial charge in [-0.1, -0.05) is 13.8 Å². The average Bonchev–Trinajstić information content (AvgIpc) is 2.27. The predicted molar refractivity (Wildman–Crippen MR) is 75.6 cm³/mol. The van der Waals surface area contributed by atoms with Crippen molar-refractivity contribution in [2.45, 2.75) is 24.8 Å². The molecule has 1 atom stereocenters. The SMILES string of the molecule is CC(C)C(CN(C)C)NS(=O)(=O)c1ccc(O)cc1. The molecule has 0 aliphatic rings. The molecule has 0 spiro atoms. The van der Waals surface area contributed by atoms with Crippen molar-refractivity contribution in [1.29, 1.82) is 0 Å². The Balaban J connectivity index is 2.90. The van der Waals surface area contributed by atoms with E-state index in [1.807, 2.05) is 32.8 Å². The van der Waals surface area contributed by atoms with Crippen LogP contribution in [-0.4, -0.2) is 45.1 Å². The number of hydrogen-bond donors (Lipinski definition) is 2. The Labute approximate surface area is 115 Å². The summed E-state index contributed by atoms with van der Waals surface area (Å²) in [6.07, 6.45) is 0. The highest BCUT2D eigenvalue weighted by Crippen LogP contribution is 2.16. The van der Waals surface area contributed by atoms with Crippen molar-refractivity contribution in [2.75, 3.05) is 20.6 Å². The van der Waals surface area contributed by atoms with E-state index < -0.39 is 10.0 Å². The van der Waals surface area contributed by atoms with E-state index in [1.54, 1.807) is 0 Å². The van der Waals surface area contributed by atoms with Gasteiger partial charge in [0, 0.05) is 12.6 Å². The van der Waals surface area contributed by atoms with Gasteiger partial charge in [0.25, 0.3) is 0 Å². The Morgan fingerprint density at radius 3 is 2.16 bits per heavy atom. The van der Waals surface area contributed by atoms with Crippen LogP contribution in [0.15, 0.2) is 29.2 Å². The summed E-state index contributed by atoms with van der Waals surface area (Å²) in [4.78, 5) is 2.11. The van der Waals surface area contributed by atoms with Crippen molar-refractivity contribution in [3.63, 3.8) is 0 Å². The van der Waals surface area contributed by atoms with E-state index in [-0.39, 0.29) is 22.6 Å². The van der Waals surface area contributed by atoms with Crippen molar-refractivity contribution < 1.29 is 13.5 Å². The van der Waals surface area contributed by atoms with E-state index in [4.69, 9.17) is 0 Å². The molecule has 0 fully saturated rings. The predicted octanol–water partition coefficient (Wildman–Crippen LogP) is 1.26. The zero-order valence-corrected chi connectivity index (χ0v) is 12.6. The summed E-state index contributed by atoms with van der Waals surface area (Å²) < 4.78 is 27.2. The van der Waals surface area contributed by atoms with Crippen molar-refractivity contribution in [3.8, 4) is 5.75 Å². The number of nitrogens with one attached hydrogen (secondary N) is 1. The number of likely N-dealkylation sites (N-methyl/N-ethyl adjacent to an activating group) is 1. The minimum Gasteiger partial charge on any atom is -0.508 e. The highest BCUT2D eigenvalue weighted by Gasteiger charge is 2.22. The molecule has 5 nitrogen and oxygen atoms in total. The van der Waals surface area contributed by atoms with Gasteiger partial charge in [-0.2, -0.15) is 0 Å². The lowest BCUT2D eigenvalue weighted by atomic mass is 10.1. The lowest BCUT2D eigenvalue weighted by Gasteiger charge is -2.25. The number of phenolic OH excluding ortho intramolecular Hbond substituents is 1. The second kappa shape index (κ2) is 6.36. The van der Waals surface area contributed by atoms with Crippen molar-refractivity contribution in [2.24, 2.45) is 5.92 Å². The topological polar surface area (TPSA) is 69.6 Å². The minimum atomic E-state index is -3.55. The zero-order chi connectivity index (χ0) is 14.6. The van der Waals surface area contributed by atoms with Gasteiger partial charge in [0.1, 0.15) is 5.75 Å². The number of hydrogen-bond acceptors (Lipinski definition) is 4. The summed E-state index contributed by atoms with van der Waals surface area (Å²) in [6.45, 7) is 4.59. The number of nitrogens with zero attached hydrogens (tertiary/aromatic N) is 1. The minimum absolute atomic E-state index is 0.0488. The molecule has 6 heteroatoms. The van der Waals surface area contributed by atoms with Gasteiger partial charge in [0.05, 0.1) is 4.90 Å². The summed E-state index contributed by atoms with van der Waals surface area (Å²) in [7, 11) is 0.259. The summed E-state index contributed by atoms with van der Waals surface area (Å²) in [5, 5.41) is 9.19. The van der Waals surface area contributed by atoms with Crippen LogP contribution in [0.1, 0.15) is 13.8 Å². The van der Waals surface area contributed by atoms with Gasteiger partial charge in [0.15, 0.2) is 0 Å². The number of rotatable bonds is 6. The maximum absolute atomic E-state index is 12.2. The molecule has 108 valence electrons. The number of aromatic hydroxyl groups is 1. The van der Waals surface area contributed by atoms with Crippen molar-refractivity contribution in [1.82, 2.24) is 9.62 Å². The fourth-order valence-electron chi connectivity index (χ4n) is 1.67. The molecule has 19 heavy (non-hydrogen) atoms. The third-order valence-corrected chi connectivity index (χ3v) is 4.33. The van der Waals surface area contributed by atoms with Gasteiger partial charge in [-0.25, -0.2) is 13.1 Å². The Morgan fingerprint density at radius 1 is 1.21 bits per heavy atom.